The van der Waals surface area contributed by atoms with E-state index in [0.29, 0.717) is 23.3 Å². The van der Waals surface area contributed by atoms with Crippen LogP contribution in [0.2, 0.25) is 0 Å². The molecule has 35 heavy (non-hydrogen) atoms. The SMILES string of the molecule is Cc1occc1C(=O)N(C)C(Cc1ccccc1F)C1CCN(Cc2ccc3c(c2)OCO3)CC1. The summed E-state index contributed by atoms with van der Waals surface area (Å²) in [6.45, 7) is 4.74. The summed E-state index contributed by atoms with van der Waals surface area (Å²) < 4.78 is 30.9. The number of carbonyl (C=O) groups is 1. The molecule has 1 aromatic heterocycles. The van der Waals surface area contributed by atoms with Crippen molar-refractivity contribution in [1.29, 1.82) is 0 Å². The second kappa shape index (κ2) is 10.1. The quantitative estimate of drug-likeness (QED) is 0.476. The highest BCUT2D eigenvalue weighted by atomic mass is 19.1. The molecule has 5 rings (SSSR count). The van der Waals surface area contributed by atoms with Gasteiger partial charge in [-0.3, -0.25) is 9.69 Å². The molecule has 2 aromatic carbocycles. The molecule has 0 bridgehead atoms. The molecule has 3 heterocycles. The van der Waals surface area contributed by atoms with Gasteiger partial charge in [-0.25, -0.2) is 4.39 Å². The molecule has 0 saturated carbocycles. The third-order valence-corrected chi connectivity index (χ3v) is 7.31. The monoisotopic (exact) mass is 478 g/mol. The number of nitrogens with zero attached hydrogens (tertiary/aromatic N) is 2. The van der Waals surface area contributed by atoms with Crippen molar-refractivity contribution in [2.24, 2.45) is 5.92 Å². The number of fused-ring (bicyclic) bond motifs is 1. The Morgan fingerprint density at radius 2 is 1.89 bits per heavy atom. The summed E-state index contributed by atoms with van der Waals surface area (Å²) in [7, 11) is 1.83. The molecular weight excluding hydrogens is 447 g/mol. The number of piperidine rings is 1. The maximum atomic E-state index is 14.6. The first-order chi connectivity index (χ1) is 17.0. The van der Waals surface area contributed by atoms with Gasteiger partial charge < -0.3 is 18.8 Å². The van der Waals surface area contributed by atoms with Crippen molar-refractivity contribution in [3.8, 4) is 11.5 Å². The molecule has 1 amide bonds. The molecule has 1 saturated heterocycles. The van der Waals surface area contributed by atoms with Crippen LogP contribution in [-0.2, 0) is 13.0 Å². The Hall–Kier alpha value is -3.32. The van der Waals surface area contributed by atoms with Crippen LogP contribution in [0, 0.1) is 18.7 Å². The molecule has 7 heteroatoms. The van der Waals surface area contributed by atoms with Crippen LogP contribution in [0.15, 0.2) is 59.2 Å². The topological polar surface area (TPSA) is 55.2 Å². The first-order valence-corrected chi connectivity index (χ1v) is 12.1. The summed E-state index contributed by atoms with van der Waals surface area (Å²) in [5, 5.41) is 0. The maximum absolute atomic E-state index is 14.6. The molecule has 184 valence electrons. The summed E-state index contributed by atoms with van der Waals surface area (Å²) in [4.78, 5) is 17.5. The first kappa shape index (κ1) is 23.4. The van der Waals surface area contributed by atoms with Crippen LogP contribution in [0.5, 0.6) is 11.5 Å². The summed E-state index contributed by atoms with van der Waals surface area (Å²) in [6, 6.07) is 14.6. The fourth-order valence-corrected chi connectivity index (χ4v) is 5.25. The van der Waals surface area contributed by atoms with Gasteiger partial charge >= 0.3 is 0 Å². The third-order valence-electron chi connectivity index (χ3n) is 7.31. The van der Waals surface area contributed by atoms with Gasteiger partial charge in [-0.2, -0.15) is 0 Å². The van der Waals surface area contributed by atoms with Gasteiger partial charge in [0.2, 0.25) is 6.79 Å². The second-order valence-electron chi connectivity index (χ2n) is 9.47. The minimum absolute atomic E-state index is 0.0830. The molecule has 0 spiro atoms. The van der Waals surface area contributed by atoms with Gasteiger partial charge in [0.05, 0.1) is 11.8 Å². The number of benzene rings is 2. The minimum atomic E-state index is -0.224. The van der Waals surface area contributed by atoms with E-state index in [0.717, 1.165) is 44.0 Å². The van der Waals surface area contributed by atoms with E-state index >= 15 is 0 Å². The van der Waals surface area contributed by atoms with Crippen molar-refractivity contribution in [3.05, 3.63) is 83.1 Å². The standard InChI is InChI=1S/C28H31FN2O4/c1-19-23(11-14-33-19)28(32)30(2)25(16-22-5-3-4-6-24(22)29)21-9-12-31(13-10-21)17-20-7-8-26-27(15-20)35-18-34-26/h3-8,11,14-15,21,25H,9-10,12-13,16-18H2,1-2H3. The number of ether oxygens (including phenoxy) is 2. The number of likely N-dealkylation sites (tertiary alicyclic amines) is 1. The van der Waals surface area contributed by atoms with E-state index in [1.165, 1.54) is 17.9 Å². The van der Waals surface area contributed by atoms with Gasteiger partial charge in [0, 0.05) is 19.6 Å². The van der Waals surface area contributed by atoms with Crippen molar-refractivity contribution in [3.63, 3.8) is 0 Å². The summed E-state index contributed by atoms with van der Waals surface area (Å²) in [5.74, 6) is 2.16. The van der Waals surface area contributed by atoms with E-state index in [2.05, 4.69) is 17.0 Å². The number of hydrogen-bond acceptors (Lipinski definition) is 5. The van der Waals surface area contributed by atoms with Gasteiger partial charge in [-0.1, -0.05) is 24.3 Å². The Morgan fingerprint density at radius 1 is 1.11 bits per heavy atom. The van der Waals surface area contributed by atoms with Crippen LogP contribution in [0.3, 0.4) is 0 Å². The number of halogens is 1. The van der Waals surface area contributed by atoms with Crippen molar-refractivity contribution < 1.29 is 23.1 Å². The van der Waals surface area contributed by atoms with E-state index in [9.17, 15) is 9.18 Å². The van der Waals surface area contributed by atoms with E-state index in [-0.39, 0.29) is 30.5 Å². The Balaban J connectivity index is 1.29. The van der Waals surface area contributed by atoms with Gasteiger partial charge in [-0.15, -0.1) is 0 Å². The van der Waals surface area contributed by atoms with Crippen LogP contribution < -0.4 is 9.47 Å². The van der Waals surface area contributed by atoms with E-state index in [4.69, 9.17) is 13.9 Å². The molecule has 3 aromatic rings. The lowest BCUT2D eigenvalue weighted by Crippen LogP contribution is -2.47. The fraction of sp³-hybridized carbons (Fsp3) is 0.393. The van der Waals surface area contributed by atoms with E-state index in [1.807, 2.05) is 25.2 Å². The number of hydrogen-bond donors (Lipinski definition) is 0. The van der Waals surface area contributed by atoms with Crippen LogP contribution in [0.1, 0.15) is 40.1 Å². The van der Waals surface area contributed by atoms with Crippen molar-refractivity contribution >= 4 is 5.91 Å². The molecule has 0 aliphatic carbocycles. The highest BCUT2D eigenvalue weighted by molar-refractivity contribution is 5.95. The molecule has 2 aliphatic heterocycles. The predicted octanol–water partition coefficient (Wildman–Crippen LogP) is 5.05. The Kier molecular flexibility index (Phi) is 6.77. The minimum Gasteiger partial charge on any atom is -0.469 e. The smallest absolute Gasteiger partial charge is 0.257 e. The molecule has 1 atom stereocenters. The third kappa shape index (κ3) is 5.05. The lowest BCUT2D eigenvalue weighted by Gasteiger charge is -2.40. The Bertz CT molecular complexity index is 1190. The zero-order chi connectivity index (χ0) is 24.4. The zero-order valence-electron chi connectivity index (χ0n) is 20.2. The van der Waals surface area contributed by atoms with E-state index in [1.54, 1.807) is 24.0 Å². The fourth-order valence-electron chi connectivity index (χ4n) is 5.25. The lowest BCUT2D eigenvalue weighted by atomic mass is 9.84. The highest BCUT2D eigenvalue weighted by Gasteiger charge is 2.33. The molecule has 0 N–H and O–H groups in total. The number of likely N-dealkylation sites (N-methyl/N-ethyl adjacent to an activating group) is 1. The summed E-state index contributed by atoms with van der Waals surface area (Å²) >= 11 is 0. The van der Waals surface area contributed by atoms with Crippen LogP contribution in [-0.4, -0.2) is 48.7 Å². The number of amides is 1. The normalized spacial score (nSPS) is 16.9. The average Bonchev–Trinajstić information content (AvgIpc) is 3.52. The number of aryl methyl sites for hydroxylation is 1. The molecule has 1 unspecified atom stereocenters. The number of rotatable bonds is 7. The van der Waals surface area contributed by atoms with Crippen molar-refractivity contribution in [1.82, 2.24) is 9.80 Å². The summed E-state index contributed by atoms with van der Waals surface area (Å²) in [5.41, 5.74) is 2.40. The number of carbonyl (C=O) groups excluding carboxylic acids is 1. The van der Waals surface area contributed by atoms with Gasteiger partial charge in [0.15, 0.2) is 11.5 Å². The van der Waals surface area contributed by atoms with Crippen LogP contribution >= 0.6 is 0 Å². The second-order valence-corrected chi connectivity index (χ2v) is 9.47. The Labute approximate surface area is 205 Å². The molecule has 0 radical (unpaired) electrons. The molecule has 2 aliphatic rings. The van der Waals surface area contributed by atoms with Crippen LogP contribution in [0.25, 0.3) is 0 Å². The lowest BCUT2D eigenvalue weighted by molar-refractivity contribution is 0.0581. The maximum Gasteiger partial charge on any atom is 0.257 e. The number of furan rings is 1. The van der Waals surface area contributed by atoms with Crippen molar-refractivity contribution in [2.75, 3.05) is 26.9 Å². The summed E-state index contributed by atoms with van der Waals surface area (Å²) in [6.07, 6.45) is 3.90. The highest BCUT2D eigenvalue weighted by Crippen LogP contribution is 2.34. The Morgan fingerprint density at radius 3 is 2.63 bits per heavy atom. The van der Waals surface area contributed by atoms with Gasteiger partial charge in [0.25, 0.3) is 5.91 Å². The van der Waals surface area contributed by atoms with Gasteiger partial charge in [0.1, 0.15) is 11.6 Å². The first-order valence-electron chi connectivity index (χ1n) is 12.1. The predicted molar refractivity (Wildman–Crippen MR) is 130 cm³/mol. The van der Waals surface area contributed by atoms with E-state index < -0.39 is 0 Å². The average molecular weight is 479 g/mol. The molecule has 1 fully saturated rings. The zero-order valence-corrected chi connectivity index (χ0v) is 20.2. The van der Waals surface area contributed by atoms with Crippen molar-refractivity contribution in [2.45, 2.75) is 38.8 Å². The van der Waals surface area contributed by atoms with Gasteiger partial charge in [-0.05, 0) is 80.6 Å². The van der Waals surface area contributed by atoms with Crippen LogP contribution in [0.4, 0.5) is 4.39 Å². The largest absolute Gasteiger partial charge is 0.469 e. The molecular formula is C28H31FN2O4. The molecule has 6 nitrogen and oxygen atoms in total.